The topological polar surface area (TPSA) is 24.9 Å². The van der Waals surface area contributed by atoms with Crippen LogP contribution in [0.1, 0.15) is 18.4 Å². The number of pyridine rings is 1. The molecule has 18 heavy (non-hydrogen) atoms. The third-order valence-electron chi connectivity index (χ3n) is 2.72. The van der Waals surface area contributed by atoms with E-state index in [-0.39, 0.29) is 5.02 Å². The van der Waals surface area contributed by atoms with Crippen molar-refractivity contribution in [2.75, 3.05) is 12.3 Å². The average molecular weight is 297 g/mol. The highest BCUT2D eigenvalue weighted by Crippen LogP contribution is 2.34. The molecule has 1 atom stereocenters. The van der Waals surface area contributed by atoms with Crippen molar-refractivity contribution in [3.8, 4) is 0 Å². The maximum atomic E-state index is 12.4. The third kappa shape index (κ3) is 3.52. The van der Waals surface area contributed by atoms with Crippen LogP contribution in [0, 0.1) is 0 Å². The first kappa shape index (κ1) is 14.0. The van der Waals surface area contributed by atoms with E-state index in [9.17, 15) is 13.2 Å². The summed E-state index contributed by atoms with van der Waals surface area (Å²) in [6.07, 6.45) is -1.34. The lowest BCUT2D eigenvalue weighted by molar-refractivity contribution is -0.137. The van der Waals surface area contributed by atoms with Gasteiger partial charge in [0.2, 0.25) is 0 Å². The zero-order valence-electron chi connectivity index (χ0n) is 9.43. The minimum atomic E-state index is -4.40. The molecular weight excluding hydrogens is 285 g/mol. The van der Waals surface area contributed by atoms with Gasteiger partial charge in [0, 0.05) is 18.0 Å². The Morgan fingerprint density at radius 1 is 1.50 bits per heavy atom. The number of thioether (sulfide) groups is 1. The standard InChI is InChI=1S/C11H12ClF3N2S/c12-9-4-7(11(13,14)15)5-17-10(9)18-6-8-2-1-3-16-8/h4-5,8,16H,1-3,6H2. The number of hydrogen-bond donors (Lipinski definition) is 1. The summed E-state index contributed by atoms with van der Waals surface area (Å²) in [6, 6.07) is 1.33. The molecule has 1 aromatic heterocycles. The highest BCUT2D eigenvalue weighted by atomic mass is 35.5. The molecule has 0 amide bonds. The number of nitrogens with one attached hydrogen (secondary N) is 1. The van der Waals surface area contributed by atoms with Crippen LogP contribution < -0.4 is 5.32 Å². The molecule has 0 saturated carbocycles. The van der Waals surface area contributed by atoms with Gasteiger partial charge in [0.25, 0.3) is 0 Å². The summed E-state index contributed by atoms with van der Waals surface area (Å²) in [5, 5.41) is 3.83. The Morgan fingerprint density at radius 2 is 2.28 bits per heavy atom. The lowest BCUT2D eigenvalue weighted by Gasteiger charge is -2.11. The Bertz CT molecular complexity index is 419. The molecule has 2 rings (SSSR count). The summed E-state index contributed by atoms with van der Waals surface area (Å²) < 4.78 is 37.2. The Morgan fingerprint density at radius 3 is 2.83 bits per heavy atom. The van der Waals surface area contributed by atoms with Crippen LogP contribution in [0.15, 0.2) is 17.3 Å². The fourth-order valence-corrected chi connectivity index (χ4v) is 3.06. The molecule has 2 nitrogen and oxygen atoms in total. The van der Waals surface area contributed by atoms with E-state index in [1.54, 1.807) is 0 Å². The van der Waals surface area contributed by atoms with Crippen molar-refractivity contribution in [2.45, 2.75) is 30.1 Å². The summed E-state index contributed by atoms with van der Waals surface area (Å²) in [5.41, 5.74) is -0.809. The van der Waals surface area contributed by atoms with Crippen LogP contribution in [-0.2, 0) is 6.18 Å². The molecule has 2 heterocycles. The van der Waals surface area contributed by atoms with Gasteiger partial charge in [-0.05, 0) is 25.5 Å². The van der Waals surface area contributed by atoms with E-state index in [4.69, 9.17) is 11.6 Å². The summed E-state index contributed by atoms with van der Waals surface area (Å²) in [4.78, 5) is 3.79. The van der Waals surface area contributed by atoms with Crippen molar-refractivity contribution < 1.29 is 13.2 Å². The van der Waals surface area contributed by atoms with Gasteiger partial charge in [-0.2, -0.15) is 13.2 Å². The smallest absolute Gasteiger partial charge is 0.313 e. The van der Waals surface area contributed by atoms with Gasteiger partial charge in [-0.1, -0.05) is 11.6 Å². The van der Waals surface area contributed by atoms with Gasteiger partial charge in [0.15, 0.2) is 0 Å². The molecule has 1 fully saturated rings. The van der Waals surface area contributed by atoms with Gasteiger partial charge >= 0.3 is 6.18 Å². The molecule has 0 spiro atoms. The van der Waals surface area contributed by atoms with Crippen LogP contribution >= 0.6 is 23.4 Å². The number of alkyl halides is 3. The van der Waals surface area contributed by atoms with Gasteiger partial charge in [0.1, 0.15) is 5.03 Å². The Balaban J connectivity index is 2.01. The molecule has 1 N–H and O–H groups in total. The van der Waals surface area contributed by atoms with Crippen molar-refractivity contribution in [3.05, 3.63) is 22.8 Å². The van der Waals surface area contributed by atoms with E-state index in [2.05, 4.69) is 10.3 Å². The molecule has 0 bridgehead atoms. The van der Waals surface area contributed by atoms with E-state index in [0.29, 0.717) is 11.1 Å². The molecule has 100 valence electrons. The monoisotopic (exact) mass is 296 g/mol. The number of hydrogen-bond acceptors (Lipinski definition) is 3. The van der Waals surface area contributed by atoms with Gasteiger partial charge in [-0.3, -0.25) is 0 Å². The van der Waals surface area contributed by atoms with E-state index in [1.165, 1.54) is 11.8 Å². The molecular formula is C11H12ClF3N2S. The van der Waals surface area contributed by atoms with Crippen LogP contribution in [0.25, 0.3) is 0 Å². The van der Waals surface area contributed by atoms with Crippen molar-refractivity contribution in [2.24, 2.45) is 0 Å². The lowest BCUT2D eigenvalue weighted by atomic mass is 10.3. The molecule has 1 saturated heterocycles. The molecule has 0 aromatic carbocycles. The minimum absolute atomic E-state index is 0.0628. The van der Waals surface area contributed by atoms with E-state index >= 15 is 0 Å². The van der Waals surface area contributed by atoms with Crippen LogP contribution in [0.3, 0.4) is 0 Å². The summed E-state index contributed by atoms with van der Waals surface area (Å²) in [7, 11) is 0. The van der Waals surface area contributed by atoms with Gasteiger partial charge < -0.3 is 5.32 Å². The van der Waals surface area contributed by atoms with Crippen molar-refractivity contribution in [1.29, 1.82) is 0 Å². The highest BCUT2D eigenvalue weighted by Gasteiger charge is 2.31. The molecule has 0 radical (unpaired) electrons. The minimum Gasteiger partial charge on any atom is -0.313 e. The summed E-state index contributed by atoms with van der Waals surface area (Å²) in [6.45, 7) is 0.999. The van der Waals surface area contributed by atoms with E-state index < -0.39 is 11.7 Å². The first-order valence-corrected chi connectivity index (χ1v) is 6.92. The zero-order chi connectivity index (χ0) is 13.2. The molecule has 1 aliphatic rings. The molecule has 7 heteroatoms. The quantitative estimate of drug-likeness (QED) is 0.863. The number of halogens is 4. The van der Waals surface area contributed by atoms with Crippen molar-refractivity contribution in [1.82, 2.24) is 10.3 Å². The van der Waals surface area contributed by atoms with Crippen molar-refractivity contribution in [3.63, 3.8) is 0 Å². The van der Waals surface area contributed by atoms with Gasteiger partial charge in [-0.25, -0.2) is 4.98 Å². The molecule has 1 aromatic rings. The van der Waals surface area contributed by atoms with E-state index in [1.807, 2.05) is 0 Å². The lowest BCUT2D eigenvalue weighted by Crippen LogP contribution is -2.23. The van der Waals surface area contributed by atoms with Crippen molar-refractivity contribution >= 4 is 23.4 Å². The second-order valence-corrected chi connectivity index (χ2v) is 5.53. The zero-order valence-corrected chi connectivity index (χ0v) is 11.0. The largest absolute Gasteiger partial charge is 0.417 e. The Hall–Kier alpha value is -0.460. The first-order chi connectivity index (χ1) is 8.47. The van der Waals surface area contributed by atoms with Crippen LogP contribution in [0.5, 0.6) is 0 Å². The maximum absolute atomic E-state index is 12.4. The fraction of sp³-hybridized carbons (Fsp3) is 0.545. The first-order valence-electron chi connectivity index (χ1n) is 5.56. The third-order valence-corrected chi connectivity index (χ3v) is 4.29. The summed E-state index contributed by atoms with van der Waals surface area (Å²) in [5.74, 6) is 0.776. The normalized spacial score (nSPS) is 20.3. The van der Waals surface area contributed by atoms with Gasteiger partial charge in [-0.15, -0.1) is 11.8 Å². The average Bonchev–Trinajstić information content (AvgIpc) is 2.79. The number of nitrogens with zero attached hydrogens (tertiary/aromatic N) is 1. The SMILES string of the molecule is FC(F)(F)c1cnc(SCC2CCCN2)c(Cl)c1. The predicted molar refractivity (Wildman–Crippen MR) is 66.0 cm³/mol. The fourth-order valence-electron chi connectivity index (χ4n) is 1.77. The number of rotatable bonds is 3. The molecule has 1 unspecified atom stereocenters. The van der Waals surface area contributed by atoms with Crippen LogP contribution in [0.4, 0.5) is 13.2 Å². The molecule has 0 aliphatic carbocycles. The second-order valence-electron chi connectivity index (χ2n) is 4.11. The number of aromatic nitrogens is 1. The van der Waals surface area contributed by atoms with E-state index in [0.717, 1.165) is 37.4 Å². The molecule has 1 aliphatic heterocycles. The van der Waals surface area contributed by atoms with Gasteiger partial charge in [0.05, 0.1) is 10.6 Å². The van der Waals surface area contributed by atoms with Crippen LogP contribution in [-0.4, -0.2) is 23.3 Å². The summed E-state index contributed by atoms with van der Waals surface area (Å²) >= 11 is 7.21. The maximum Gasteiger partial charge on any atom is 0.417 e. The predicted octanol–water partition coefficient (Wildman–Crippen LogP) is 3.60. The van der Waals surface area contributed by atoms with Crippen LogP contribution in [0.2, 0.25) is 5.02 Å². The Labute approximate surface area is 112 Å². The highest BCUT2D eigenvalue weighted by molar-refractivity contribution is 7.99. The second kappa shape index (κ2) is 5.67. The Kier molecular flexibility index (Phi) is 4.40.